The molecule has 0 amide bonds. The minimum atomic E-state index is -4.90. The van der Waals surface area contributed by atoms with E-state index >= 15 is 0 Å². The molecule has 0 aliphatic rings. The molecule has 0 saturated heterocycles. The zero-order chi connectivity index (χ0) is 29.9. The Morgan fingerprint density at radius 1 is 0.487 bits per heavy atom. The van der Waals surface area contributed by atoms with Crippen LogP contribution in [0.25, 0.3) is 0 Å². The van der Waals surface area contributed by atoms with E-state index < -0.39 is 15.1 Å². The maximum absolute atomic E-state index is 14.9. The van der Waals surface area contributed by atoms with Gasteiger partial charge in [-0.15, -0.1) is 0 Å². The normalized spacial score (nSPS) is 13.6. The molecule has 238 valence electrons. The van der Waals surface area contributed by atoms with Gasteiger partial charge in [0.1, 0.15) is 10.1 Å². The number of alkyl halides is 1. The predicted octanol–water partition coefficient (Wildman–Crippen LogP) is 10.7. The average Bonchev–Trinajstić information content (AvgIpc) is 2.92. The molecule has 0 aromatic heterocycles. The first-order chi connectivity index (χ1) is 18.6. The molecule has 4 nitrogen and oxygen atoms in total. The highest BCUT2D eigenvalue weighted by molar-refractivity contribution is 7.87. The highest BCUT2D eigenvalue weighted by atomic mass is 32.2. The van der Waals surface area contributed by atoms with Crippen LogP contribution in [0.5, 0.6) is 0 Å². The third kappa shape index (κ3) is 22.1. The first kappa shape index (κ1) is 40.9. The van der Waals surface area contributed by atoms with Gasteiger partial charge in [0.2, 0.25) is 0 Å². The summed E-state index contributed by atoms with van der Waals surface area (Å²) in [6.07, 6.45) is 21.9. The van der Waals surface area contributed by atoms with Gasteiger partial charge in [0.15, 0.2) is 5.00 Å². The summed E-state index contributed by atoms with van der Waals surface area (Å²) in [6, 6.07) is 0. The topological polar surface area (TPSA) is 57.2 Å². The van der Waals surface area contributed by atoms with Gasteiger partial charge in [-0.3, -0.25) is 0 Å². The largest absolute Gasteiger partial charge is 0.745 e. The maximum atomic E-state index is 14.9. The van der Waals surface area contributed by atoms with Crippen molar-refractivity contribution in [2.24, 2.45) is 0 Å². The molecule has 1 atom stereocenters. The second-order valence-electron chi connectivity index (χ2n) is 11.8. The van der Waals surface area contributed by atoms with Gasteiger partial charge in [0, 0.05) is 0 Å². The Labute approximate surface area is 245 Å². The lowest BCUT2D eigenvalue weighted by molar-refractivity contribution is -0.921. The van der Waals surface area contributed by atoms with E-state index in [0.29, 0.717) is 12.8 Å². The standard InChI is InChI=1S/C25H51FO3S.C8H20N/c1-3-5-7-9-11-12-13-14-15-16-18-20-22-24-25(26,30(27,28)29)23-21-19-17-10-8-6-4-2;1-5-9(6-2,7-3)8-4/h3-24H2,1-2H3,(H,27,28,29);5-8H2,1-4H3/q;+1/p-1. The fraction of sp³-hybridized carbons (Fsp3) is 1.00. The summed E-state index contributed by atoms with van der Waals surface area (Å²) in [5.74, 6) is 0. The smallest absolute Gasteiger partial charge is 0.199 e. The van der Waals surface area contributed by atoms with Crippen molar-refractivity contribution in [1.82, 2.24) is 0 Å². The number of hydrogen-bond donors (Lipinski definition) is 0. The van der Waals surface area contributed by atoms with Crippen LogP contribution in [0.3, 0.4) is 0 Å². The summed E-state index contributed by atoms with van der Waals surface area (Å²) in [5, 5.41) is -2.56. The number of quaternary nitrogens is 1. The minimum Gasteiger partial charge on any atom is -0.745 e. The molecule has 0 rings (SSSR count). The van der Waals surface area contributed by atoms with Crippen molar-refractivity contribution in [3.8, 4) is 0 Å². The Morgan fingerprint density at radius 3 is 0.897 bits per heavy atom. The minimum absolute atomic E-state index is 0.133. The Morgan fingerprint density at radius 2 is 0.718 bits per heavy atom. The molecular formula is C33H70FNO3S. The molecule has 0 aliphatic heterocycles. The molecule has 0 spiro atoms. The van der Waals surface area contributed by atoms with Crippen LogP contribution in [0, 0.1) is 0 Å². The SMILES string of the molecule is CCCCCCCCCCCCCCCC(F)(CCCCCCCCC)S(=O)(=O)[O-].CC[N+](CC)(CC)CC. The molecule has 1 unspecified atom stereocenters. The van der Waals surface area contributed by atoms with E-state index in [-0.39, 0.29) is 12.8 Å². The molecule has 0 aliphatic carbocycles. The molecule has 0 radical (unpaired) electrons. The van der Waals surface area contributed by atoms with E-state index in [4.69, 9.17) is 0 Å². The van der Waals surface area contributed by atoms with Crippen molar-refractivity contribution in [3.63, 3.8) is 0 Å². The second-order valence-corrected chi connectivity index (χ2v) is 13.4. The lowest BCUT2D eigenvalue weighted by atomic mass is 10.0. The van der Waals surface area contributed by atoms with E-state index in [1.807, 2.05) is 0 Å². The van der Waals surface area contributed by atoms with Gasteiger partial charge in [-0.05, 0) is 53.4 Å². The van der Waals surface area contributed by atoms with Crippen molar-refractivity contribution >= 4 is 10.1 Å². The molecule has 0 saturated carbocycles. The van der Waals surface area contributed by atoms with E-state index in [2.05, 4.69) is 41.5 Å². The van der Waals surface area contributed by atoms with Crippen LogP contribution in [0.4, 0.5) is 4.39 Å². The zero-order valence-corrected chi connectivity index (χ0v) is 28.2. The quantitative estimate of drug-likeness (QED) is 0.0552. The highest BCUT2D eigenvalue weighted by Crippen LogP contribution is 2.32. The van der Waals surface area contributed by atoms with Gasteiger partial charge in [-0.1, -0.05) is 129 Å². The van der Waals surface area contributed by atoms with Crippen molar-refractivity contribution in [3.05, 3.63) is 0 Å². The summed E-state index contributed by atoms with van der Waals surface area (Å²) in [6.45, 7) is 18.6. The number of halogens is 1. The second kappa shape index (κ2) is 26.7. The van der Waals surface area contributed by atoms with Gasteiger partial charge >= 0.3 is 0 Å². The third-order valence-corrected chi connectivity index (χ3v) is 10.2. The van der Waals surface area contributed by atoms with Crippen LogP contribution in [0.2, 0.25) is 0 Å². The third-order valence-electron chi connectivity index (χ3n) is 8.94. The monoisotopic (exact) mass is 580 g/mol. The van der Waals surface area contributed by atoms with Gasteiger partial charge in [-0.25, -0.2) is 12.8 Å². The van der Waals surface area contributed by atoms with E-state index in [0.717, 1.165) is 38.5 Å². The lowest BCUT2D eigenvalue weighted by Crippen LogP contribution is -2.47. The summed E-state index contributed by atoms with van der Waals surface area (Å²) in [7, 11) is -4.90. The van der Waals surface area contributed by atoms with E-state index in [1.54, 1.807) is 0 Å². The number of hydrogen-bond acceptors (Lipinski definition) is 3. The van der Waals surface area contributed by atoms with Crippen LogP contribution in [-0.2, 0) is 10.1 Å². The summed E-state index contributed by atoms with van der Waals surface area (Å²) >= 11 is 0. The van der Waals surface area contributed by atoms with Crippen molar-refractivity contribution in [1.29, 1.82) is 0 Å². The maximum Gasteiger partial charge on any atom is 0.199 e. The summed E-state index contributed by atoms with van der Waals surface area (Å²) in [5.41, 5.74) is 0. The fourth-order valence-electron chi connectivity index (χ4n) is 5.47. The number of nitrogens with zero attached hydrogens (tertiary/aromatic N) is 1. The molecule has 6 heteroatoms. The van der Waals surface area contributed by atoms with Crippen molar-refractivity contribution < 1.29 is 21.8 Å². The van der Waals surface area contributed by atoms with Crippen LogP contribution < -0.4 is 0 Å². The molecule has 0 aromatic carbocycles. The van der Waals surface area contributed by atoms with Crippen molar-refractivity contribution in [2.45, 2.75) is 188 Å². The molecule has 0 aromatic rings. The molecular weight excluding hydrogens is 509 g/mol. The number of unbranched alkanes of at least 4 members (excludes halogenated alkanes) is 18. The molecule has 0 bridgehead atoms. The van der Waals surface area contributed by atoms with Gasteiger partial charge in [0.25, 0.3) is 0 Å². The van der Waals surface area contributed by atoms with Gasteiger partial charge in [-0.2, -0.15) is 0 Å². The molecule has 0 N–H and O–H groups in total. The van der Waals surface area contributed by atoms with Crippen LogP contribution in [0.15, 0.2) is 0 Å². The van der Waals surface area contributed by atoms with Crippen LogP contribution in [0.1, 0.15) is 183 Å². The first-order valence-electron chi connectivity index (χ1n) is 17.1. The summed E-state index contributed by atoms with van der Waals surface area (Å²) < 4.78 is 50.6. The van der Waals surface area contributed by atoms with Crippen LogP contribution >= 0.6 is 0 Å². The average molecular weight is 580 g/mol. The van der Waals surface area contributed by atoms with Crippen LogP contribution in [-0.4, -0.2) is 48.6 Å². The summed E-state index contributed by atoms with van der Waals surface area (Å²) in [4.78, 5) is 0. The van der Waals surface area contributed by atoms with Gasteiger partial charge < -0.3 is 9.04 Å². The Hall–Kier alpha value is -0.200. The van der Waals surface area contributed by atoms with Crippen molar-refractivity contribution in [2.75, 3.05) is 26.2 Å². The lowest BCUT2D eigenvalue weighted by Gasteiger charge is -2.34. The Bertz CT molecular complexity index is 593. The predicted molar refractivity (Wildman–Crippen MR) is 169 cm³/mol. The Balaban J connectivity index is 0. The number of rotatable bonds is 27. The van der Waals surface area contributed by atoms with E-state index in [9.17, 15) is 17.4 Å². The zero-order valence-electron chi connectivity index (χ0n) is 27.3. The van der Waals surface area contributed by atoms with E-state index in [1.165, 1.54) is 108 Å². The molecule has 39 heavy (non-hydrogen) atoms. The fourth-order valence-corrected chi connectivity index (χ4v) is 6.26. The molecule has 0 heterocycles. The molecule has 0 fully saturated rings. The Kier molecular flexibility index (Phi) is 28.0. The first-order valence-corrected chi connectivity index (χ1v) is 18.5. The highest BCUT2D eigenvalue weighted by Gasteiger charge is 2.36. The van der Waals surface area contributed by atoms with Gasteiger partial charge in [0.05, 0.1) is 26.2 Å².